The van der Waals surface area contributed by atoms with Crippen LogP contribution >= 0.6 is 23.4 Å². The van der Waals surface area contributed by atoms with Crippen LogP contribution in [0.3, 0.4) is 0 Å². The Hall–Kier alpha value is -1.96. The van der Waals surface area contributed by atoms with Crippen molar-refractivity contribution in [3.05, 3.63) is 51.0 Å². The summed E-state index contributed by atoms with van der Waals surface area (Å²) in [5.41, 5.74) is 9.78. The van der Waals surface area contributed by atoms with Crippen LogP contribution in [0.5, 0.6) is 0 Å². The summed E-state index contributed by atoms with van der Waals surface area (Å²) in [6.45, 7) is 8.53. The number of halogens is 1. The number of thioether (sulfide) groups is 1. The average molecular weight is 448 g/mol. The summed E-state index contributed by atoms with van der Waals surface area (Å²) in [5, 5.41) is 7.87. The van der Waals surface area contributed by atoms with Crippen LogP contribution in [0.1, 0.15) is 19.4 Å². The lowest BCUT2D eigenvalue weighted by Crippen LogP contribution is -2.43. The predicted molar refractivity (Wildman–Crippen MR) is 128 cm³/mol. The van der Waals surface area contributed by atoms with Crippen molar-refractivity contribution in [3.63, 3.8) is 0 Å². The number of allylic oxidation sites excluding steroid dienone is 2. The van der Waals surface area contributed by atoms with E-state index in [2.05, 4.69) is 46.5 Å². The summed E-state index contributed by atoms with van der Waals surface area (Å²) in [6.07, 6.45) is 2.75. The van der Waals surface area contributed by atoms with Crippen LogP contribution in [0.15, 0.2) is 45.4 Å². The van der Waals surface area contributed by atoms with Crippen molar-refractivity contribution in [1.82, 2.24) is 10.6 Å². The van der Waals surface area contributed by atoms with Gasteiger partial charge in [-0.2, -0.15) is 0 Å². The second kappa shape index (κ2) is 10.4. The number of aliphatic imine (C=N–C) groups is 1. The van der Waals surface area contributed by atoms with E-state index in [4.69, 9.17) is 17.3 Å². The first-order chi connectivity index (χ1) is 14.4. The summed E-state index contributed by atoms with van der Waals surface area (Å²) in [6, 6.07) is 6.15. The van der Waals surface area contributed by atoms with Crippen LogP contribution in [0.4, 0.5) is 5.69 Å². The molecule has 6 nitrogen and oxygen atoms in total. The molecule has 8 heteroatoms. The molecule has 0 unspecified atom stereocenters. The van der Waals surface area contributed by atoms with Crippen molar-refractivity contribution in [3.8, 4) is 0 Å². The van der Waals surface area contributed by atoms with E-state index in [1.807, 2.05) is 12.1 Å². The second-order valence-corrected chi connectivity index (χ2v) is 9.13. The van der Waals surface area contributed by atoms with Gasteiger partial charge in [0.15, 0.2) is 0 Å². The number of hydrogen-bond donors (Lipinski definition) is 3. The Balaban J connectivity index is 1.59. The number of carbonyl (C=O) groups excluding carboxylic acids is 1. The lowest BCUT2D eigenvalue weighted by atomic mass is 10.1. The molecular formula is C22H30ClN5OS. The van der Waals surface area contributed by atoms with Gasteiger partial charge in [-0.1, -0.05) is 49.4 Å². The molecule has 1 amide bonds. The molecule has 0 aromatic heterocycles. The summed E-state index contributed by atoms with van der Waals surface area (Å²) in [5.74, 6) is 0.168. The summed E-state index contributed by atoms with van der Waals surface area (Å²) < 4.78 is 0. The zero-order valence-corrected chi connectivity index (χ0v) is 19.4. The van der Waals surface area contributed by atoms with Gasteiger partial charge in [0.05, 0.1) is 16.4 Å². The van der Waals surface area contributed by atoms with Crippen molar-refractivity contribution < 1.29 is 4.79 Å². The number of rotatable bonds is 6. The molecule has 1 saturated heterocycles. The standard InChI is InChI=1S/C22H30ClN5OS/c1-14(2)12-16-19(24)20(30-22(16)25-3)21(29)27-7-6-15-4-5-18(17(23)13-15)28-10-8-26-9-11-28/h4-5,12-14,26H,6-11,24H2,1-3H3,(H,27,29)/b16-12-,25-22+. The topological polar surface area (TPSA) is 82.8 Å². The average Bonchev–Trinajstić information content (AvgIpc) is 3.04. The van der Waals surface area contributed by atoms with Crippen molar-refractivity contribution in [1.29, 1.82) is 0 Å². The Labute approximate surface area is 188 Å². The molecule has 3 rings (SSSR count). The van der Waals surface area contributed by atoms with Gasteiger partial charge in [-0.3, -0.25) is 9.79 Å². The minimum Gasteiger partial charge on any atom is -0.397 e. The SMILES string of the molecule is C/N=C1/SC(C(=O)NCCc2ccc(N3CCNCC3)c(Cl)c2)=C(N)/C1=C/C(C)C. The van der Waals surface area contributed by atoms with Gasteiger partial charge in [-0.05, 0) is 30.0 Å². The number of benzene rings is 1. The molecule has 2 aliphatic rings. The number of amides is 1. The van der Waals surface area contributed by atoms with Crippen LogP contribution < -0.4 is 21.3 Å². The Morgan fingerprint density at radius 3 is 2.77 bits per heavy atom. The van der Waals surface area contributed by atoms with E-state index in [1.165, 1.54) is 11.8 Å². The Morgan fingerprint density at radius 1 is 1.40 bits per heavy atom. The molecule has 4 N–H and O–H groups in total. The fraction of sp³-hybridized carbons (Fsp3) is 0.455. The largest absolute Gasteiger partial charge is 0.397 e. The van der Waals surface area contributed by atoms with E-state index < -0.39 is 0 Å². The van der Waals surface area contributed by atoms with Crippen molar-refractivity contribution in [2.45, 2.75) is 20.3 Å². The number of nitrogens with zero attached hydrogens (tertiary/aromatic N) is 2. The molecule has 30 heavy (non-hydrogen) atoms. The number of hydrogen-bond acceptors (Lipinski definition) is 6. The Bertz CT molecular complexity index is 888. The molecule has 1 aromatic rings. The first kappa shape index (κ1) is 22.7. The van der Waals surface area contributed by atoms with Crippen molar-refractivity contribution in [2.24, 2.45) is 16.6 Å². The third-order valence-electron chi connectivity index (χ3n) is 5.04. The lowest BCUT2D eigenvalue weighted by Gasteiger charge is -2.30. The van der Waals surface area contributed by atoms with Crippen LogP contribution in [-0.4, -0.2) is 50.7 Å². The number of carbonyl (C=O) groups is 1. The van der Waals surface area contributed by atoms with Gasteiger partial charge in [0.2, 0.25) is 0 Å². The highest BCUT2D eigenvalue weighted by atomic mass is 35.5. The number of nitrogens with two attached hydrogens (primary N) is 1. The fourth-order valence-corrected chi connectivity index (χ4v) is 4.82. The number of nitrogens with one attached hydrogen (secondary N) is 2. The highest BCUT2D eigenvalue weighted by molar-refractivity contribution is 8.19. The monoisotopic (exact) mass is 447 g/mol. The summed E-state index contributed by atoms with van der Waals surface area (Å²) >= 11 is 7.86. The third-order valence-corrected chi connectivity index (χ3v) is 6.55. The molecule has 1 fully saturated rings. The smallest absolute Gasteiger partial charge is 0.260 e. The van der Waals surface area contributed by atoms with Crippen molar-refractivity contribution in [2.75, 3.05) is 44.7 Å². The lowest BCUT2D eigenvalue weighted by molar-refractivity contribution is -0.116. The van der Waals surface area contributed by atoms with Crippen molar-refractivity contribution >= 4 is 40.0 Å². The zero-order chi connectivity index (χ0) is 21.7. The van der Waals surface area contributed by atoms with Crippen LogP contribution in [0, 0.1) is 5.92 Å². The first-order valence-corrected chi connectivity index (χ1v) is 11.5. The van der Waals surface area contributed by atoms with Gasteiger partial charge < -0.3 is 21.3 Å². The molecular weight excluding hydrogens is 418 g/mol. The molecule has 2 aliphatic heterocycles. The highest BCUT2D eigenvalue weighted by Gasteiger charge is 2.29. The minimum absolute atomic E-state index is 0.158. The number of piperazine rings is 1. The van der Waals surface area contributed by atoms with Crippen LogP contribution in [0.2, 0.25) is 5.02 Å². The predicted octanol–water partition coefficient (Wildman–Crippen LogP) is 2.94. The molecule has 2 heterocycles. The normalized spacial score (nSPS) is 20.0. The molecule has 0 aliphatic carbocycles. The Kier molecular flexibility index (Phi) is 7.86. The summed E-state index contributed by atoms with van der Waals surface area (Å²) in [4.78, 5) is 19.8. The Morgan fingerprint density at radius 2 is 2.13 bits per heavy atom. The maximum absolute atomic E-state index is 12.7. The third kappa shape index (κ3) is 5.39. The molecule has 0 bridgehead atoms. The van der Waals surface area contributed by atoms with E-state index >= 15 is 0 Å². The molecule has 0 saturated carbocycles. The maximum Gasteiger partial charge on any atom is 0.260 e. The van der Waals surface area contributed by atoms with Gasteiger partial charge >= 0.3 is 0 Å². The quantitative estimate of drug-likeness (QED) is 0.624. The first-order valence-electron chi connectivity index (χ1n) is 10.3. The van der Waals surface area contributed by atoms with Crippen LogP contribution in [0.25, 0.3) is 0 Å². The molecule has 0 spiro atoms. The van der Waals surface area contributed by atoms with Crippen LogP contribution in [-0.2, 0) is 11.2 Å². The van der Waals surface area contributed by atoms with E-state index in [9.17, 15) is 4.79 Å². The van der Waals surface area contributed by atoms with Gasteiger partial charge in [-0.25, -0.2) is 0 Å². The van der Waals surface area contributed by atoms with E-state index in [1.54, 1.807) is 7.05 Å². The van der Waals surface area contributed by atoms with Gasteiger partial charge in [0.1, 0.15) is 9.95 Å². The second-order valence-electron chi connectivity index (χ2n) is 7.73. The fourth-order valence-electron chi connectivity index (χ4n) is 3.54. The van der Waals surface area contributed by atoms with Gasteiger partial charge in [-0.15, -0.1) is 0 Å². The van der Waals surface area contributed by atoms with E-state index in [0.717, 1.165) is 53.1 Å². The van der Waals surface area contributed by atoms with Gasteiger partial charge in [0, 0.05) is 45.3 Å². The minimum atomic E-state index is -0.158. The number of anilines is 1. The summed E-state index contributed by atoms with van der Waals surface area (Å²) in [7, 11) is 1.72. The molecule has 0 radical (unpaired) electrons. The van der Waals surface area contributed by atoms with E-state index in [0.29, 0.717) is 29.5 Å². The molecule has 0 atom stereocenters. The highest BCUT2D eigenvalue weighted by Crippen LogP contribution is 2.36. The maximum atomic E-state index is 12.7. The molecule has 162 valence electrons. The van der Waals surface area contributed by atoms with E-state index in [-0.39, 0.29) is 5.91 Å². The van der Waals surface area contributed by atoms with Gasteiger partial charge in [0.25, 0.3) is 5.91 Å². The zero-order valence-electron chi connectivity index (χ0n) is 17.8. The molecule has 1 aromatic carbocycles.